The number of carbonyl (C=O) groups is 3. The second-order valence-corrected chi connectivity index (χ2v) is 8.55. The van der Waals surface area contributed by atoms with E-state index in [0.717, 1.165) is 5.56 Å². The van der Waals surface area contributed by atoms with Gasteiger partial charge in [0.15, 0.2) is 11.5 Å². The lowest BCUT2D eigenvalue weighted by Gasteiger charge is -2.33. The fourth-order valence-corrected chi connectivity index (χ4v) is 4.45. The highest BCUT2D eigenvalue weighted by molar-refractivity contribution is 6.04. The molecular weight excluding hydrogens is 424 g/mol. The minimum atomic E-state index is -0.537. The molecule has 2 aromatic rings. The highest BCUT2D eigenvalue weighted by atomic mass is 16.7. The second kappa shape index (κ2) is 9.11. The monoisotopic (exact) mass is 450 g/mol. The molecule has 0 unspecified atom stereocenters. The van der Waals surface area contributed by atoms with Crippen LogP contribution in [0.25, 0.3) is 0 Å². The summed E-state index contributed by atoms with van der Waals surface area (Å²) < 4.78 is 10.7. The van der Waals surface area contributed by atoms with Crippen LogP contribution in [0.3, 0.4) is 0 Å². The standard InChI is InChI=1S/C24H26N4O5/c29-22(25-18-6-7-20-21(13-18)33-15-32-20)17-8-10-27(11-9-17)14-28-23(30)19(26-24(28)31)12-16-4-2-1-3-5-16/h1-7,13,17,19H,8-12,14-15H2,(H,25,29)(H,26,31)/t19-/m0/s1. The maximum Gasteiger partial charge on any atom is 0.325 e. The van der Waals surface area contributed by atoms with Gasteiger partial charge in [0.2, 0.25) is 12.7 Å². The summed E-state index contributed by atoms with van der Waals surface area (Å²) >= 11 is 0. The fraction of sp³-hybridized carbons (Fsp3) is 0.375. The van der Waals surface area contributed by atoms with Crippen LogP contribution in [0.15, 0.2) is 48.5 Å². The van der Waals surface area contributed by atoms with Crippen molar-refractivity contribution in [1.82, 2.24) is 15.1 Å². The number of anilines is 1. The van der Waals surface area contributed by atoms with Gasteiger partial charge in [-0.2, -0.15) is 0 Å². The van der Waals surface area contributed by atoms with Crippen molar-refractivity contribution in [2.24, 2.45) is 5.92 Å². The van der Waals surface area contributed by atoms with Gasteiger partial charge in [-0.3, -0.25) is 14.5 Å². The number of ether oxygens (including phenoxy) is 2. The van der Waals surface area contributed by atoms with E-state index in [9.17, 15) is 14.4 Å². The van der Waals surface area contributed by atoms with Crippen LogP contribution in [-0.4, -0.2) is 60.2 Å². The highest BCUT2D eigenvalue weighted by Crippen LogP contribution is 2.34. The molecule has 2 saturated heterocycles. The summed E-state index contributed by atoms with van der Waals surface area (Å²) in [6.07, 6.45) is 1.80. The molecular formula is C24H26N4O5. The van der Waals surface area contributed by atoms with E-state index < -0.39 is 6.04 Å². The molecule has 0 aliphatic carbocycles. The van der Waals surface area contributed by atoms with Gasteiger partial charge in [-0.1, -0.05) is 30.3 Å². The first-order valence-electron chi connectivity index (χ1n) is 11.2. The Balaban J connectivity index is 1.11. The Bertz CT molecular complexity index is 1050. The predicted molar refractivity (Wildman–Crippen MR) is 120 cm³/mol. The van der Waals surface area contributed by atoms with E-state index in [-0.39, 0.29) is 37.2 Å². The number of carbonyl (C=O) groups excluding carboxylic acids is 3. The lowest BCUT2D eigenvalue weighted by atomic mass is 9.96. The molecule has 1 atom stereocenters. The Morgan fingerprint density at radius 3 is 2.58 bits per heavy atom. The van der Waals surface area contributed by atoms with Crippen LogP contribution < -0.4 is 20.1 Å². The minimum absolute atomic E-state index is 0.0357. The molecule has 3 aliphatic rings. The Labute approximate surface area is 191 Å². The molecule has 172 valence electrons. The summed E-state index contributed by atoms with van der Waals surface area (Å²) in [4.78, 5) is 41.2. The predicted octanol–water partition coefficient (Wildman–Crippen LogP) is 2.19. The fourth-order valence-electron chi connectivity index (χ4n) is 4.45. The second-order valence-electron chi connectivity index (χ2n) is 8.55. The van der Waals surface area contributed by atoms with Gasteiger partial charge in [0.05, 0.1) is 6.67 Å². The number of nitrogens with zero attached hydrogens (tertiary/aromatic N) is 2. The lowest BCUT2D eigenvalue weighted by Crippen LogP contribution is -2.46. The number of amides is 4. The third-order valence-corrected chi connectivity index (χ3v) is 6.33. The van der Waals surface area contributed by atoms with Gasteiger partial charge in [-0.15, -0.1) is 0 Å². The maximum absolute atomic E-state index is 12.8. The van der Waals surface area contributed by atoms with Crippen molar-refractivity contribution < 1.29 is 23.9 Å². The van der Waals surface area contributed by atoms with Crippen LogP contribution in [0.4, 0.5) is 10.5 Å². The number of rotatable bonds is 6. The number of urea groups is 1. The van der Waals surface area contributed by atoms with Crippen LogP contribution >= 0.6 is 0 Å². The molecule has 2 aromatic carbocycles. The zero-order valence-corrected chi connectivity index (χ0v) is 18.2. The van der Waals surface area contributed by atoms with Crippen molar-refractivity contribution in [2.75, 3.05) is 31.9 Å². The van der Waals surface area contributed by atoms with E-state index in [4.69, 9.17) is 9.47 Å². The number of benzene rings is 2. The van der Waals surface area contributed by atoms with Gasteiger partial charge < -0.3 is 20.1 Å². The van der Waals surface area contributed by atoms with Crippen molar-refractivity contribution >= 4 is 23.5 Å². The quantitative estimate of drug-likeness (QED) is 0.655. The molecule has 0 bridgehead atoms. The molecule has 3 aliphatic heterocycles. The maximum atomic E-state index is 12.8. The Morgan fingerprint density at radius 2 is 1.79 bits per heavy atom. The first kappa shape index (κ1) is 21.3. The molecule has 5 rings (SSSR count). The molecule has 0 radical (unpaired) electrons. The molecule has 33 heavy (non-hydrogen) atoms. The largest absolute Gasteiger partial charge is 0.454 e. The van der Waals surface area contributed by atoms with Gasteiger partial charge in [-0.05, 0) is 30.5 Å². The topological polar surface area (TPSA) is 100 Å². The molecule has 0 aromatic heterocycles. The molecule has 9 nitrogen and oxygen atoms in total. The smallest absolute Gasteiger partial charge is 0.325 e. The summed E-state index contributed by atoms with van der Waals surface area (Å²) in [6.45, 7) is 1.71. The number of hydrogen-bond donors (Lipinski definition) is 2. The lowest BCUT2D eigenvalue weighted by molar-refractivity contribution is -0.129. The summed E-state index contributed by atoms with van der Waals surface area (Å²) in [5, 5.41) is 5.74. The van der Waals surface area contributed by atoms with E-state index in [2.05, 4.69) is 10.6 Å². The van der Waals surface area contributed by atoms with Crippen molar-refractivity contribution in [3.05, 3.63) is 54.1 Å². The Morgan fingerprint density at radius 1 is 1.03 bits per heavy atom. The van der Waals surface area contributed by atoms with Gasteiger partial charge in [0, 0.05) is 37.2 Å². The molecule has 2 N–H and O–H groups in total. The summed E-state index contributed by atoms with van der Waals surface area (Å²) in [5.74, 6) is 0.938. The number of likely N-dealkylation sites (tertiary alicyclic amines) is 1. The summed E-state index contributed by atoms with van der Waals surface area (Å²) in [6, 6.07) is 14.1. The summed E-state index contributed by atoms with van der Waals surface area (Å²) in [5.41, 5.74) is 1.68. The first-order valence-corrected chi connectivity index (χ1v) is 11.2. The Kier molecular flexibility index (Phi) is 5.87. The summed E-state index contributed by atoms with van der Waals surface area (Å²) in [7, 11) is 0. The van der Waals surface area contributed by atoms with E-state index in [1.54, 1.807) is 18.2 Å². The highest BCUT2D eigenvalue weighted by Gasteiger charge is 2.39. The average molecular weight is 450 g/mol. The van der Waals surface area contributed by atoms with Crippen LogP contribution in [0, 0.1) is 5.92 Å². The third kappa shape index (κ3) is 4.63. The first-order chi connectivity index (χ1) is 16.1. The molecule has 0 spiro atoms. The number of imide groups is 1. The number of nitrogens with one attached hydrogen (secondary N) is 2. The molecule has 0 saturated carbocycles. The number of hydrogen-bond acceptors (Lipinski definition) is 6. The van der Waals surface area contributed by atoms with Crippen molar-refractivity contribution in [1.29, 1.82) is 0 Å². The molecule has 9 heteroatoms. The number of fused-ring (bicyclic) bond motifs is 1. The van der Waals surface area contributed by atoms with Crippen molar-refractivity contribution in [3.63, 3.8) is 0 Å². The van der Waals surface area contributed by atoms with Crippen LogP contribution in [0.5, 0.6) is 11.5 Å². The van der Waals surface area contributed by atoms with E-state index >= 15 is 0 Å². The normalized spacial score (nSPS) is 20.7. The molecule has 3 heterocycles. The van der Waals surface area contributed by atoms with E-state index in [1.165, 1.54) is 4.90 Å². The zero-order valence-electron chi connectivity index (χ0n) is 18.2. The Hall–Kier alpha value is -3.59. The van der Waals surface area contributed by atoms with Crippen molar-refractivity contribution in [3.8, 4) is 11.5 Å². The third-order valence-electron chi connectivity index (χ3n) is 6.33. The number of piperidine rings is 1. The van der Waals surface area contributed by atoms with Crippen LogP contribution in [0.1, 0.15) is 18.4 Å². The van der Waals surface area contributed by atoms with Gasteiger partial charge in [0.1, 0.15) is 6.04 Å². The van der Waals surface area contributed by atoms with Crippen LogP contribution in [-0.2, 0) is 16.0 Å². The van der Waals surface area contributed by atoms with Gasteiger partial charge >= 0.3 is 6.03 Å². The molecule has 4 amide bonds. The SMILES string of the molecule is O=C(Nc1ccc2c(c1)OCO2)C1CCN(CN2C(=O)N[C@@H](Cc3ccccc3)C2=O)CC1. The minimum Gasteiger partial charge on any atom is -0.454 e. The van der Waals surface area contributed by atoms with E-state index in [1.807, 2.05) is 35.2 Å². The van der Waals surface area contributed by atoms with Crippen molar-refractivity contribution in [2.45, 2.75) is 25.3 Å². The average Bonchev–Trinajstić information content (AvgIpc) is 3.40. The van der Waals surface area contributed by atoms with Gasteiger partial charge in [0.25, 0.3) is 5.91 Å². The van der Waals surface area contributed by atoms with E-state index in [0.29, 0.717) is 49.5 Å². The van der Waals surface area contributed by atoms with Crippen LogP contribution in [0.2, 0.25) is 0 Å². The zero-order chi connectivity index (χ0) is 22.8. The molecule has 2 fully saturated rings. The van der Waals surface area contributed by atoms with Gasteiger partial charge in [-0.25, -0.2) is 9.69 Å².